The molecule has 0 radical (unpaired) electrons. The zero-order valence-electron chi connectivity index (χ0n) is 14.0. The molecule has 0 bridgehead atoms. The minimum Gasteiger partial charge on any atom is -0.487 e. The van der Waals surface area contributed by atoms with Crippen LogP contribution < -0.4 is 14.8 Å². The second-order valence-corrected chi connectivity index (χ2v) is 7.43. The Morgan fingerprint density at radius 2 is 2.04 bits per heavy atom. The Balaban J connectivity index is 1.66. The molecule has 0 aromatic heterocycles. The molecule has 132 valence electrons. The number of carbonyl (C=O) groups excluding carboxylic acids is 1. The molecule has 2 aromatic rings. The number of rotatable bonds is 4. The lowest BCUT2D eigenvalue weighted by Gasteiger charge is -2.37. The molecule has 0 spiro atoms. The molecule has 3 rings (SSSR count). The molecule has 0 saturated heterocycles. The van der Waals surface area contributed by atoms with Crippen LogP contribution in [0.3, 0.4) is 0 Å². The number of hydrogen-bond acceptors (Lipinski definition) is 3. The monoisotopic (exact) mass is 379 g/mol. The molecule has 1 N–H and O–H groups in total. The normalized spacial score (nSPS) is 18.0. The van der Waals surface area contributed by atoms with Crippen molar-refractivity contribution < 1.29 is 14.3 Å². The third kappa shape index (κ3) is 4.39. The van der Waals surface area contributed by atoms with Gasteiger partial charge in [0.1, 0.15) is 17.1 Å². The summed E-state index contributed by atoms with van der Waals surface area (Å²) in [5.41, 5.74) is 0.617. The minimum absolute atomic E-state index is 0.124. The van der Waals surface area contributed by atoms with E-state index in [9.17, 15) is 4.79 Å². The number of para-hydroxylation sites is 1. The van der Waals surface area contributed by atoms with Crippen molar-refractivity contribution in [2.24, 2.45) is 0 Å². The van der Waals surface area contributed by atoms with Crippen molar-refractivity contribution in [2.45, 2.75) is 31.9 Å². The van der Waals surface area contributed by atoms with Gasteiger partial charge < -0.3 is 14.8 Å². The molecule has 4 nitrogen and oxygen atoms in total. The quantitative estimate of drug-likeness (QED) is 0.830. The van der Waals surface area contributed by atoms with E-state index in [1.807, 2.05) is 38.1 Å². The largest absolute Gasteiger partial charge is 0.487 e. The van der Waals surface area contributed by atoms with Gasteiger partial charge in [-0.05, 0) is 38.1 Å². The van der Waals surface area contributed by atoms with Crippen molar-refractivity contribution >= 4 is 29.1 Å². The lowest BCUT2D eigenvalue weighted by atomic mass is 9.90. The van der Waals surface area contributed by atoms with E-state index in [0.717, 1.165) is 11.3 Å². The predicted molar refractivity (Wildman–Crippen MR) is 98.6 cm³/mol. The first-order valence-corrected chi connectivity index (χ1v) is 8.75. The lowest BCUT2D eigenvalue weighted by molar-refractivity contribution is -0.124. The van der Waals surface area contributed by atoms with E-state index in [1.54, 1.807) is 18.2 Å². The molecule has 1 heterocycles. The summed E-state index contributed by atoms with van der Waals surface area (Å²) in [5.74, 6) is 1.00. The summed E-state index contributed by atoms with van der Waals surface area (Å²) in [4.78, 5) is 12.3. The van der Waals surface area contributed by atoms with Crippen LogP contribution in [0.2, 0.25) is 10.0 Å². The summed E-state index contributed by atoms with van der Waals surface area (Å²) >= 11 is 11.9. The Bertz CT molecular complexity index is 792. The molecule has 2 aromatic carbocycles. The average Bonchev–Trinajstić information content (AvgIpc) is 2.53. The highest BCUT2D eigenvalue weighted by Gasteiger charge is 2.34. The van der Waals surface area contributed by atoms with Gasteiger partial charge in [0.25, 0.3) is 5.91 Å². The van der Waals surface area contributed by atoms with Crippen LogP contribution >= 0.6 is 23.2 Å². The van der Waals surface area contributed by atoms with Gasteiger partial charge in [-0.15, -0.1) is 0 Å². The molecule has 25 heavy (non-hydrogen) atoms. The highest BCUT2D eigenvalue weighted by molar-refractivity contribution is 6.35. The number of ether oxygens (including phenoxy) is 2. The summed E-state index contributed by atoms with van der Waals surface area (Å²) in [6.45, 7) is 3.89. The topological polar surface area (TPSA) is 47.6 Å². The third-order valence-electron chi connectivity index (χ3n) is 3.96. The summed E-state index contributed by atoms with van der Waals surface area (Å²) in [5, 5.41) is 3.91. The van der Waals surface area contributed by atoms with Crippen LogP contribution in [0.25, 0.3) is 0 Å². The summed E-state index contributed by atoms with van der Waals surface area (Å²) in [7, 11) is 0. The van der Waals surface area contributed by atoms with Gasteiger partial charge in [0.2, 0.25) is 0 Å². The molecular formula is C19H19Cl2NO3. The van der Waals surface area contributed by atoms with Crippen molar-refractivity contribution in [1.82, 2.24) is 5.32 Å². The molecule has 6 heteroatoms. The Morgan fingerprint density at radius 1 is 1.28 bits per heavy atom. The number of fused-ring (bicyclic) bond motifs is 1. The summed E-state index contributed by atoms with van der Waals surface area (Å²) in [6, 6.07) is 12.5. The highest BCUT2D eigenvalue weighted by Crippen LogP contribution is 2.39. The van der Waals surface area contributed by atoms with Crippen molar-refractivity contribution in [1.29, 1.82) is 0 Å². The second-order valence-electron chi connectivity index (χ2n) is 6.59. The molecule has 0 aliphatic carbocycles. The van der Waals surface area contributed by atoms with Gasteiger partial charge in [-0.3, -0.25) is 4.79 Å². The van der Waals surface area contributed by atoms with E-state index >= 15 is 0 Å². The van der Waals surface area contributed by atoms with Crippen LogP contribution in [0.1, 0.15) is 31.9 Å². The van der Waals surface area contributed by atoms with Gasteiger partial charge in [-0.25, -0.2) is 0 Å². The molecule has 0 fully saturated rings. The summed E-state index contributed by atoms with van der Waals surface area (Å²) < 4.78 is 11.5. The van der Waals surface area contributed by atoms with Crippen molar-refractivity contribution in [3.63, 3.8) is 0 Å². The highest BCUT2D eigenvalue weighted by atomic mass is 35.5. The Kier molecular flexibility index (Phi) is 5.11. The fraction of sp³-hybridized carbons (Fsp3) is 0.316. The van der Waals surface area contributed by atoms with Crippen LogP contribution in [-0.4, -0.2) is 18.1 Å². The first-order chi connectivity index (χ1) is 11.8. The molecule has 1 aliphatic heterocycles. The fourth-order valence-electron chi connectivity index (χ4n) is 2.90. The molecule has 1 aliphatic rings. The summed E-state index contributed by atoms with van der Waals surface area (Å²) in [6.07, 6.45) is 0.678. The Labute approximate surface area is 157 Å². The van der Waals surface area contributed by atoms with Crippen LogP contribution in [0, 0.1) is 0 Å². The average molecular weight is 380 g/mol. The third-order valence-corrected chi connectivity index (χ3v) is 4.49. The zero-order chi connectivity index (χ0) is 18.0. The molecule has 1 amide bonds. The van der Waals surface area contributed by atoms with Crippen molar-refractivity contribution in [3.05, 3.63) is 58.1 Å². The fourth-order valence-corrected chi connectivity index (χ4v) is 3.37. The van der Waals surface area contributed by atoms with Crippen molar-refractivity contribution in [2.75, 3.05) is 6.61 Å². The van der Waals surface area contributed by atoms with Crippen LogP contribution in [0.4, 0.5) is 0 Å². The Hall–Kier alpha value is -1.91. The maximum Gasteiger partial charge on any atom is 0.258 e. The lowest BCUT2D eigenvalue weighted by Crippen LogP contribution is -2.42. The van der Waals surface area contributed by atoms with Crippen LogP contribution in [0.5, 0.6) is 11.5 Å². The standard InChI is InChI=1S/C19H19Cl2NO3/c1-19(2)10-15(13-5-3-4-6-16(13)25-19)22-18(23)11-24-17-8-7-12(20)9-14(17)21/h3-9,15H,10-11H2,1-2H3,(H,22,23)/t15-/m0/s1. The van der Waals surface area contributed by atoms with E-state index in [-0.39, 0.29) is 24.2 Å². The smallest absolute Gasteiger partial charge is 0.258 e. The Morgan fingerprint density at radius 3 is 2.80 bits per heavy atom. The van der Waals surface area contributed by atoms with Gasteiger partial charge in [0, 0.05) is 17.0 Å². The van der Waals surface area contributed by atoms with Gasteiger partial charge in [0.05, 0.1) is 11.1 Å². The number of nitrogens with one attached hydrogen (secondary N) is 1. The molecule has 1 atom stereocenters. The van der Waals surface area contributed by atoms with E-state index in [2.05, 4.69) is 5.32 Å². The maximum absolute atomic E-state index is 12.3. The predicted octanol–water partition coefficient (Wildman–Crippen LogP) is 4.79. The van der Waals surface area contributed by atoms with E-state index in [0.29, 0.717) is 22.2 Å². The van der Waals surface area contributed by atoms with E-state index in [1.165, 1.54) is 0 Å². The maximum atomic E-state index is 12.3. The van der Waals surface area contributed by atoms with Crippen molar-refractivity contribution in [3.8, 4) is 11.5 Å². The van der Waals surface area contributed by atoms with Gasteiger partial charge >= 0.3 is 0 Å². The first kappa shape index (κ1) is 17.9. The minimum atomic E-state index is -0.355. The second kappa shape index (κ2) is 7.14. The van der Waals surface area contributed by atoms with Crippen LogP contribution in [-0.2, 0) is 4.79 Å². The SMILES string of the molecule is CC1(C)C[C@H](NC(=O)COc2ccc(Cl)cc2Cl)c2ccccc2O1. The molecule has 0 unspecified atom stereocenters. The first-order valence-electron chi connectivity index (χ1n) is 7.99. The number of amides is 1. The van der Waals surface area contributed by atoms with Gasteiger partial charge in [-0.2, -0.15) is 0 Å². The number of carbonyl (C=O) groups is 1. The number of halogens is 2. The zero-order valence-corrected chi connectivity index (χ0v) is 15.5. The van der Waals surface area contributed by atoms with E-state index < -0.39 is 0 Å². The number of hydrogen-bond donors (Lipinski definition) is 1. The molecule has 0 saturated carbocycles. The van der Waals surface area contributed by atoms with Crippen LogP contribution in [0.15, 0.2) is 42.5 Å². The van der Waals surface area contributed by atoms with Gasteiger partial charge in [-0.1, -0.05) is 41.4 Å². The van der Waals surface area contributed by atoms with Gasteiger partial charge in [0.15, 0.2) is 6.61 Å². The number of benzene rings is 2. The molecular weight excluding hydrogens is 361 g/mol. The van der Waals surface area contributed by atoms with E-state index in [4.69, 9.17) is 32.7 Å².